The Morgan fingerprint density at radius 2 is 1.74 bits per heavy atom. The van der Waals surface area contributed by atoms with Crippen molar-refractivity contribution in [3.8, 4) is 0 Å². The Hall–Kier alpha value is -3.22. The molecular weight excluding hydrogens is 642 g/mol. The maximum absolute atomic E-state index is 14.1. The van der Waals surface area contributed by atoms with Crippen molar-refractivity contribution in [1.29, 1.82) is 0 Å². The normalized spacial score (nSPS) is 21.7. The van der Waals surface area contributed by atoms with Crippen LogP contribution in [0.2, 0.25) is 0 Å². The number of anilines is 1. The van der Waals surface area contributed by atoms with Gasteiger partial charge < -0.3 is 9.64 Å². The number of ether oxygens (including phenoxy) is 1. The number of hydrogen-bond acceptors (Lipinski definition) is 8. The predicted octanol–water partition coefficient (Wildman–Crippen LogP) is 4.66. The first-order chi connectivity index (χ1) is 20.3. The van der Waals surface area contributed by atoms with E-state index in [-0.39, 0.29) is 29.8 Å². The summed E-state index contributed by atoms with van der Waals surface area (Å²) in [7, 11) is 0. The summed E-state index contributed by atoms with van der Waals surface area (Å²) in [5.74, 6) is -2.66. The Balaban J connectivity index is 1.39. The van der Waals surface area contributed by atoms with Gasteiger partial charge in [-0.25, -0.2) is 9.69 Å². The van der Waals surface area contributed by atoms with Crippen molar-refractivity contribution in [3.05, 3.63) is 78.7 Å². The van der Waals surface area contributed by atoms with Gasteiger partial charge >= 0.3 is 10.8 Å². The summed E-state index contributed by atoms with van der Waals surface area (Å²) in [5.41, 5.74) is 1.49. The predicted molar refractivity (Wildman–Crippen MR) is 163 cm³/mol. The number of piperidine rings is 1. The lowest BCUT2D eigenvalue weighted by molar-refractivity contribution is -0.133. The number of likely N-dealkylation sites (tertiary alicyclic amines) is 1. The zero-order valence-corrected chi connectivity index (χ0v) is 26.0. The highest BCUT2D eigenvalue weighted by molar-refractivity contribution is 9.10. The molecule has 0 radical (unpaired) electrons. The van der Waals surface area contributed by atoms with Crippen LogP contribution in [0.5, 0.6) is 0 Å². The maximum Gasteiger partial charge on any atom is 0.338 e. The lowest BCUT2D eigenvalue weighted by atomic mass is 9.83. The molecule has 2 aromatic carbocycles. The molecule has 0 aliphatic carbocycles. The highest BCUT2D eigenvalue weighted by atomic mass is 79.9. The van der Waals surface area contributed by atoms with E-state index >= 15 is 0 Å². The molecule has 3 amide bonds. The number of esters is 1. The Kier molecular flexibility index (Phi) is 8.12. The molecule has 0 unspecified atom stereocenters. The highest BCUT2D eigenvalue weighted by Gasteiger charge is 2.57. The minimum atomic E-state index is -0.788. The fraction of sp³-hybridized carbons (Fsp3) is 0.367. The number of hydrogen-bond donors (Lipinski definition) is 0. The average molecular weight is 671 g/mol. The summed E-state index contributed by atoms with van der Waals surface area (Å²) < 4.78 is 7.35. The van der Waals surface area contributed by atoms with Crippen LogP contribution in [-0.4, -0.2) is 58.1 Å². The molecule has 3 aliphatic rings. The van der Waals surface area contributed by atoms with E-state index in [1.54, 1.807) is 24.0 Å². The maximum atomic E-state index is 14.1. The van der Waals surface area contributed by atoms with Gasteiger partial charge in [0.2, 0.25) is 17.7 Å². The van der Waals surface area contributed by atoms with Crippen molar-refractivity contribution < 1.29 is 23.9 Å². The van der Waals surface area contributed by atoms with Gasteiger partial charge in [0.25, 0.3) is 0 Å². The molecule has 0 N–H and O–H groups in total. The van der Waals surface area contributed by atoms with E-state index in [1.165, 1.54) is 33.4 Å². The minimum Gasteiger partial charge on any atom is -0.462 e. The van der Waals surface area contributed by atoms with Crippen molar-refractivity contribution >= 4 is 68.4 Å². The van der Waals surface area contributed by atoms with Crippen LogP contribution < -0.4 is 9.77 Å². The van der Waals surface area contributed by atoms with Gasteiger partial charge in [-0.3, -0.25) is 23.7 Å². The number of thioether (sulfide) groups is 1. The van der Waals surface area contributed by atoms with Gasteiger partial charge in [-0.15, -0.1) is 0 Å². The fourth-order valence-corrected chi connectivity index (χ4v) is 9.10. The summed E-state index contributed by atoms with van der Waals surface area (Å²) in [4.78, 5) is 70.1. The molecule has 3 atom stereocenters. The summed E-state index contributed by atoms with van der Waals surface area (Å²) in [6.07, 6.45) is 2.97. The standard InChI is InChI=1S/C30H28BrN3O6S2/c1-2-40-29(38)17-9-11-20(12-10-17)34-26(36)23-22(18-7-6-8-19(31)15-18)25-28(41-24(23)27(34)37)33(30(39)42-25)16-21(35)32-13-4-3-5-14-32/h6-12,15,22-24H,2-5,13-14,16H2,1H3/t22-,23-,24+/m0/s1. The second-order valence-corrected chi connectivity index (χ2v) is 13.5. The average Bonchev–Trinajstić information content (AvgIpc) is 3.43. The lowest BCUT2D eigenvalue weighted by Gasteiger charge is -2.31. The molecule has 0 spiro atoms. The number of rotatable bonds is 6. The molecule has 1 aromatic heterocycles. The molecule has 3 aliphatic heterocycles. The Morgan fingerprint density at radius 1 is 1.00 bits per heavy atom. The van der Waals surface area contributed by atoms with E-state index in [4.69, 9.17) is 4.74 Å². The van der Waals surface area contributed by atoms with Gasteiger partial charge in [-0.1, -0.05) is 51.2 Å². The van der Waals surface area contributed by atoms with Crippen molar-refractivity contribution in [3.63, 3.8) is 0 Å². The molecule has 4 heterocycles. The van der Waals surface area contributed by atoms with Crippen molar-refractivity contribution in [2.45, 2.75) is 48.9 Å². The summed E-state index contributed by atoms with van der Waals surface area (Å²) in [6, 6.07) is 13.8. The van der Waals surface area contributed by atoms with Crippen LogP contribution in [0.3, 0.4) is 0 Å². The number of thiazole rings is 1. The number of benzene rings is 2. The van der Waals surface area contributed by atoms with E-state index in [1.807, 2.05) is 24.3 Å². The molecule has 12 heteroatoms. The SMILES string of the molecule is CCOC(=O)c1ccc(N2C(=O)[C@H]3[C@H](c4cccc(Br)c4)c4sc(=O)n(CC(=O)N5CCCCC5)c4S[C@H]3C2=O)cc1. The second kappa shape index (κ2) is 11.8. The topological polar surface area (TPSA) is 106 Å². The summed E-state index contributed by atoms with van der Waals surface area (Å²) in [5, 5.41) is -0.216. The van der Waals surface area contributed by atoms with Gasteiger partial charge in [0, 0.05) is 28.4 Å². The first-order valence-corrected chi connectivity index (χ1v) is 16.4. The Labute approximate surface area is 259 Å². The number of aromatic nitrogens is 1. The van der Waals surface area contributed by atoms with Crippen LogP contribution in [0.15, 0.2) is 62.8 Å². The number of fused-ring (bicyclic) bond motifs is 2. The van der Waals surface area contributed by atoms with Gasteiger partial charge in [0.15, 0.2) is 0 Å². The van der Waals surface area contributed by atoms with Crippen molar-refractivity contribution in [2.75, 3.05) is 24.6 Å². The van der Waals surface area contributed by atoms with Gasteiger partial charge in [0.1, 0.15) is 11.8 Å². The van der Waals surface area contributed by atoms with E-state index in [2.05, 4.69) is 15.9 Å². The minimum absolute atomic E-state index is 0.0958. The quantitative estimate of drug-likeness (QED) is 0.278. The molecule has 3 aromatic rings. The Bertz CT molecular complexity index is 1630. The van der Waals surface area contributed by atoms with Crippen LogP contribution in [0.4, 0.5) is 5.69 Å². The largest absolute Gasteiger partial charge is 0.462 e. The van der Waals surface area contributed by atoms with Crippen LogP contribution >= 0.6 is 39.0 Å². The number of carbonyl (C=O) groups is 4. The number of imide groups is 1. The summed E-state index contributed by atoms with van der Waals surface area (Å²) >= 11 is 5.76. The van der Waals surface area contributed by atoms with E-state index < -0.39 is 29.0 Å². The molecule has 2 saturated heterocycles. The molecule has 218 valence electrons. The zero-order chi connectivity index (χ0) is 29.5. The van der Waals surface area contributed by atoms with Gasteiger partial charge in [-0.2, -0.15) is 0 Å². The molecule has 42 heavy (non-hydrogen) atoms. The molecular formula is C30H28BrN3O6S2. The van der Waals surface area contributed by atoms with Gasteiger partial charge in [0.05, 0.1) is 28.8 Å². The van der Waals surface area contributed by atoms with E-state index in [0.717, 1.165) is 40.6 Å². The molecule has 6 rings (SSSR count). The third-order valence-corrected chi connectivity index (χ3v) is 11.0. The molecule has 0 saturated carbocycles. The number of carbonyl (C=O) groups excluding carboxylic acids is 4. The molecule has 9 nitrogen and oxygen atoms in total. The van der Waals surface area contributed by atoms with Crippen LogP contribution in [0.25, 0.3) is 0 Å². The first kappa shape index (κ1) is 28.9. The number of halogens is 1. The van der Waals surface area contributed by atoms with Crippen LogP contribution in [0, 0.1) is 5.92 Å². The van der Waals surface area contributed by atoms with Crippen molar-refractivity contribution in [2.24, 2.45) is 5.92 Å². The van der Waals surface area contributed by atoms with Gasteiger partial charge in [-0.05, 0) is 68.1 Å². The highest BCUT2D eigenvalue weighted by Crippen LogP contribution is 2.54. The lowest BCUT2D eigenvalue weighted by Crippen LogP contribution is -2.39. The van der Waals surface area contributed by atoms with E-state index in [9.17, 15) is 24.0 Å². The molecule has 2 fully saturated rings. The fourth-order valence-electron chi connectivity index (χ4n) is 5.91. The second-order valence-electron chi connectivity index (χ2n) is 10.4. The first-order valence-electron chi connectivity index (χ1n) is 13.9. The third kappa shape index (κ3) is 5.13. The van der Waals surface area contributed by atoms with Crippen molar-refractivity contribution in [1.82, 2.24) is 9.47 Å². The van der Waals surface area contributed by atoms with Crippen LogP contribution in [0.1, 0.15) is 52.9 Å². The smallest absolute Gasteiger partial charge is 0.338 e. The number of nitrogens with zero attached hydrogens (tertiary/aromatic N) is 3. The summed E-state index contributed by atoms with van der Waals surface area (Å²) in [6.45, 7) is 3.21. The zero-order valence-electron chi connectivity index (χ0n) is 22.8. The third-order valence-electron chi connectivity index (χ3n) is 7.90. The number of amides is 3. The monoisotopic (exact) mass is 669 g/mol. The Morgan fingerprint density at radius 3 is 2.43 bits per heavy atom. The van der Waals surface area contributed by atoms with E-state index in [0.29, 0.717) is 34.2 Å². The van der Waals surface area contributed by atoms with Crippen LogP contribution in [-0.2, 0) is 25.7 Å². The molecule has 0 bridgehead atoms.